The molecule has 2 heterocycles. The Balaban J connectivity index is 1.75. The van der Waals surface area contributed by atoms with Gasteiger partial charge in [-0.2, -0.15) is 4.31 Å². The van der Waals surface area contributed by atoms with Crippen LogP contribution in [0.3, 0.4) is 0 Å². The smallest absolute Gasteiger partial charge is 0.234 e. The van der Waals surface area contributed by atoms with Crippen LogP contribution in [0.1, 0.15) is 44.7 Å². The molecule has 1 aromatic carbocycles. The number of hydrogen-bond acceptors (Lipinski definition) is 5. The fourth-order valence-corrected chi connectivity index (χ4v) is 4.88. The third-order valence-corrected chi connectivity index (χ3v) is 6.67. The van der Waals surface area contributed by atoms with Crippen LogP contribution in [-0.2, 0) is 21.4 Å². The van der Waals surface area contributed by atoms with Gasteiger partial charge in [-0.25, -0.2) is 8.42 Å². The predicted molar refractivity (Wildman–Crippen MR) is 113 cm³/mol. The first-order chi connectivity index (χ1) is 13.4. The van der Waals surface area contributed by atoms with Gasteiger partial charge in [-0.1, -0.05) is 17.7 Å². The minimum Gasteiger partial charge on any atom is -0.485 e. The maximum absolute atomic E-state index is 12.4. The van der Waals surface area contributed by atoms with Crippen molar-refractivity contribution < 1.29 is 17.9 Å². The van der Waals surface area contributed by atoms with E-state index < -0.39 is 15.6 Å². The molecule has 1 amide bonds. The van der Waals surface area contributed by atoms with E-state index in [4.69, 9.17) is 4.74 Å². The lowest BCUT2D eigenvalue weighted by Gasteiger charge is -2.42. The molecule has 162 valence electrons. The number of amides is 1. The molecule has 0 saturated carbocycles. The minimum absolute atomic E-state index is 0.00816. The average molecular weight is 424 g/mol. The number of carbonyl (C=O) groups excluding carboxylic acids is 1. The molecular formula is C21H33N3O4S. The lowest BCUT2D eigenvalue weighted by Crippen LogP contribution is -2.55. The molecule has 3 rings (SSSR count). The van der Waals surface area contributed by atoms with Crippen molar-refractivity contribution in [3.05, 3.63) is 29.3 Å². The second kappa shape index (κ2) is 7.89. The first-order valence-electron chi connectivity index (χ1n) is 10.1. The second-order valence-electron chi connectivity index (χ2n) is 9.50. The molecule has 2 aliphatic heterocycles. The van der Waals surface area contributed by atoms with Gasteiger partial charge < -0.3 is 10.1 Å². The summed E-state index contributed by atoms with van der Waals surface area (Å²) in [5, 5.41) is 2.99. The van der Waals surface area contributed by atoms with Crippen molar-refractivity contribution in [1.82, 2.24) is 14.5 Å². The van der Waals surface area contributed by atoms with E-state index in [2.05, 4.69) is 10.2 Å². The van der Waals surface area contributed by atoms with Crippen molar-refractivity contribution in [3.63, 3.8) is 0 Å². The second-order valence-corrected chi connectivity index (χ2v) is 11.5. The summed E-state index contributed by atoms with van der Waals surface area (Å²) in [5.74, 6) is 0.773. The van der Waals surface area contributed by atoms with Gasteiger partial charge in [0, 0.05) is 43.6 Å². The number of piperidine rings is 1. The van der Waals surface area contributed by atoms with Gasteiger partial charge in [0.15, 0.2) is 0 Å². The zero-order chi connectivity index (χ0) is 21.4. The summed E-state index contributed by atoms with van der Waals surface area (Å²) < 4.78 is 32.8. The lowest BCUT2D eigenvalue weighted by atomic mass is 9.91. The third-order valence-electron chi connectivity index (χ3n) is 5.47. The predicted octanol–water partition coefficient (Wildman–Crippen LogP) is 1.90. The zero-order valence-electron chi connectivity index (χ0n) is 18.1. The van der Waals surface area contributed by atoms with Crippen molar-refractivity contribution in [2.45, 2.75) is 58.2 Å². The summed E-state index contributed by atoms with van der Waals surface area (Å²) in [4.78, 5) is 14.4. The number of fused-ring (bicyclic) bond motifs is 1. The Morgan fingerprint density at radius 1 is 1.24 bits per heavy atom. The molecule has 0 atom stereocenters. The first kappa shape index (κ1) is 22.1. The molecule has 1 spiro atoms. The van der Waals surface area contributed by atoms with E-state index in [1.54, 1.807) is 0 Å². The Kier molecular flexibility index (Phi) is 6.00. The molecule has 0 radical (unpaired) electrons. The molecule has 2 aliphatic rings. The van der Waals surface area contributed by atoms with E-state index in [9.17, 15) is 13.2 Å². The highest BCUT2D eigenvalue weighted by Gasteiger charge is 2.43. The highest BCUT2D eigenvalue weighted by atomic mass is 32.2. The van der Waals surface area contributed by atoms with Crippen LogP contribution in [0.5, 0.6) is 5.75 Å². The van der Waals surface area contributed by atoms with Crippen LogP contribution < -0.4 is 10.1 Å². The maximum Gasteiger partial charge on any atom is 0.234 e. The molecule has 1 aromatic rings. The number of ether oxygens (including phenoxy) is 1. The summed E-state index contributed by atoms with van der Waals surface area (Å²) in [7, 11) is -3.36. The summed E-state index contributed by atoms with van der Waals surface area (Å²) in [6, 6.07) is 5.94. The molecular weight excluding hydrogens is 390 g/mol. The number of rotatable bonds is 3. The third kappa shape index (κ3) is 5.71. The van der Waals surface area contributed by atoms with Gasteiger partial charge in [0.2, 0.25) is 15.9 Å². The zero-order valence-corrected chi connectivity index (χ0v) is 18.9. The molecule has 8 heteroatoms. The largest absolute Gasteiger partial charge is 0.485 e. The van der Waals surface area contributed by atoms with Crippen LogP contribution in [0.2, 0.25) is 0 Å². The number of aryl methyl sites for hydroxylation is 1. The average Bonchev–Trinajstić information content (AvgIpc) is 2.72. The van der Waals surface area contributed by atoms with Crippen molar-refractivity contribution in [3.8, 4) is 5.75 Å². The van der Waals surface area contributed by atoms with Crippen molar-refractivity contribution in [2.24, 2.45) is 0 Å². The molecule has 0 aliphatic carbocycles. The molecule has 1 saturated heterocycles. The Bertz CT molecular complexity index is 868. The van der Waals surface area contributed by atoms with E-state index >= 15 is 0 Å². The molecule has 0 bridgehead atoms. The van der Waals surface area contributed by atoms with Crippen molar-refractivity contribution >= 4 is 15.9 Å². The van der Waals surface area contributed by atoms with E-state index in [1.165, 1.54) is 10.6 Å². The normalized spacial score (nSPS) is 20.6. The van der Waals surface area contributed by atoms with E-state index in [-0.39, 0.29) is 11.4 Å². The quantitative estimate of drug-likeness (QED) is 0.803. The fraction of sp³-hybridized carbons (Fsp3) is 0.667. The van der Waals surface area contributed by atoms with Gasteiger partial charge in [0.25, 0.3) is 0 Å². The topological polar surface area (TPSA) is 79.0 Å². The van der Waals surface area contributed by atoms with Crippen LogP contribution >= 0.6 is 0 Å². The number of likely N-dealkylation sites (tertiary alicyclic amines) is 1. The summed E-state index contributed by atoms with van der Waals surface area (Å²) in [6.45, 7) is 10.3. The van der Waals surface area contributed by atoms with Crippen LogP contribution in [0.15, 0.2) is 18.2 Å². The monoisotopic (exact) mass is 423 g/mol. The van der Waals surface area contributed by atoms with Crippen LogP contribution in [0.25, 0.3) is 0 Å². The number of nitrogens with zero attached hydrogens (tertiary/aromatic N) is 2. The molecule has 0 aromatic heterocycles. The van der Waals surface area contributed by atoms with E-state index in [0.29, 0.717) is 45.6 Å². The number of carbonyl (C=O) groups is 1. The van der Waals surface area contributed by atoms with Crippen molar-refractivity contribution in [2.75, 3.05) is 32.4 Å². The Labute approximate surface area is 174 Å². The number of nitrogens with one attached hydrogen (secondary N) is 1. The highest BCUT2D eigenvalue weighted by Crippen LogP contribution is 2.36. The van der Waals surface area contributed by atoms with E-state index in [1.807, 2.05) is 45.9 Å². The molecule has 7 nitrogen and oxygen atoms in total. The SMILES string of the molecule is Cc1ccc2c(c1)CN(S(C)(=O)=O)CC1(CCN(CC(=O)NC(C)(C)C)CC1)O2. The lowest BCUT2D eigenvalue weighted by molar-refractivity contribution is -0.124. The van der Waals surface area contributed by atoms with Gasteiger partial charge in [0.05, 0.1) is 19.3 Å². The number of hydrogen-bond donors (Lipinski definition) is 1. The summed E-state index contributed by atoms with van der Waals surface area (Å²) >= 11 is 0. The fourth-order valence-electron chi connectivity index (χ4n) is 4.04. The van der Waals surface area contributed by atoms with Gasteiger partial charge in [-0.05, 0) is 33.8 Å². The summed E-state index contributed by atoms with van der Waals surface area (Å²) in [5.41, 5.74) is 1.16. The van der Waals surface area contributed by atoms with Gasteiger partial charge in [0.1, 0.15) is 11.4 Å². The van der Waals surface area contributed by atoms with Gasteiger partial charge in [-0.3, -0.25) is 9.69 Å². The van der Waals surface area contributed by atoms with Gasteiger partial charge in [-0.15, -0.1) is 0 Å². The standard InChI is InChI=1S/C21H33N3O4S/c1-16-6-7-18-17(12-16)13-24(29(5,26)27)15-21(28-18)8-10-23(11-9-21)14-19(25)22-20(2,3)4/h6-7,12H,8-11,13-15H2,1-5H3,(H,22,25). The number of benzene rings is 1. The Morgan fingerprint density at radius 2 is 1.90 bits per heavy atom. The van der Waals surface area contributed by atoms with Crippen molar-refractivity contribution in [1.29, 1.82) is 0 Å². The van der Waals surface area contributed by atoms with E-state index in [0.717, 1.165) is 16.9 Å². The highest BCUT2D eigenvalue weighted by molar-refractivity contribution is 7.88. The molecule has 0 unspecified atom stereocenters. The van der Waals surface area contributed by atoms with Crippen LogP contribution in [0, 0.1) is 6.92 Å². The van der Waals surface area contributed by atoms with Crippen LogP contribution in [0.4, 0.5) is 0 Å². The Hall–Kier alpha value is -1.64. The molecule has 29 heavy (non-hydrogen) atoms. The minimum atomic E-state index is -3.36. The number of sulfonamides is 1. The summed E-state index contributed by atoms with van der Waals surface area (Å²) in [6.07, 6.45) is 2.61. The Morgan fingerprint density at radius 3 is 2.48 bits per heavy atom. The first-order valence-corrected chi connectivity index (χ1v) is 12.0. The molecule has 1 N–H and O–H groups in total. The molecule has 1 fully saturated rings. The van der Waals surface area contributed by atoms with Crippen LogP contribution in [-0.4, -0.2) is 67.1 Å². The maximum atomic E-state index is 12.4. The van der Waals surface area contributed by atoms with Gasteiger partial charge >= 0.3 is 0 Å².